The Labute approximate surface area is 195 Å². The van der Waals surface area contributed by atoms with Crippen molar-refractivity contribution in [2.45, 2.75) is 78.9 Å². The lowest BCUT2D eigenvalue weighted by Gasteiger charge is -2.24. The SMILES string of the molecule is CCOC(=O)ONC(=O)CCC(Cc1cccc(C(=O)OC(C)(C)C)c1)C(=O)OC(C)(C)C. The molecule has 0 aliphatic rings. The lowest BCUT2D eigenvalue weighted by molar-refractivity contribution is -0.160. The molecule has 33 heavy (non-hydrogen) atoms. The van der Waals surface area contributed by atoms with E-state index < -0.39 is 41.1 Å². The molecule has 9 heteroatoms. The van der Waals surface area contributed by atoms with Crippen LogP contribution >= 0.6 is 0 Å². The molecule has 0 aliphatic heterocycles. The second-order valence-electron chi connectivity index (χ2n) is 9.49. The van der Waals surface area contributed by atoms with E-state index in [2.05, 4.69) is 9.57 Å². The first-order chi connectivity index (χ1) is 15.2. The second-order valence-corrected chi connectivity index (χ2v) is 9.49. The highest BCUT2D eigenvalue weighted by atomic mass is 16.8. The standard InChI is InChI=1S/C24H35NO8/c1-8-30-22(29)33-25-19(26)13-12-18(21(28)32-24(5,6)7)15-16-10-9-11-17(14-16)20(27)31-23(2,3)4/h9-11,14,18H,8,12-13,15H2,1-7H3,(H,25,26). The summed E-state index contributed by atoms with van der Waals surface area (Å²) >= 11 is 0. The summed E-state index contributed by atoms with van der Waals surface area (Å²) in [5, 5.41) is 0. The van der Waals surface area contributed by atoms with E-state index in [1.54, 1.807) is 72.7 Å². The number of carbonyl (C=O) groups is 4. The number of nitrogens with one attached hydrogen (secondary N) is 1. The Morgan fingerprint density at radius 3 is 2.18 bits per heavy atom. The molecule has 1 amide bonds. The maximum Gasteiger partial charge on any atom is 0.533 e. The van der Waals surface area contributed by atoms with Crippen molar-refractivity contribution in [1.82, 2.24) is 5.48 Å². The molecule has 0 saturated heterocycles. The maximum atomic E-state index is 12.8. The molecule has 0 heterocycles. The predicted molar refractivity (Wildman–Crippen MR) is 120 cm³/mol. The first-order valence-electron chi connectivity index (χ1n) is 10.9. The summed E-state index contributed by atoms with van der Waals surface area (Å²) in [6.45, 7) is 12.3. The number of hydrogen-bond acceptors (Lipinski definition) is 8. The van der Waals surface area contributed by atoms with Gasteiger partial charge in [0.2, 0.25) is 0 Å². The third-order valence-corrected chi connectivity index (χ3v) is 4.01. The molecular formula is C24H35NO8. The van der Waals surface area contributed by atoms with Crippen molar-refractivity contribution >= 4 is 24.0 Å². The average molecular weight is 466 g/mol. The molecule has 0 saturated carbocycles. The van der Waals surface area contributed by atoms with Gasteiger partial charge in [-0.1, -0.05) is 12.1 Å². The van der Waals surface area contributed by atoms with E-state index >= 15 is 0 Å². The summed E-state index contributed by atoms with van der Waals surface area (Å²) in [6.07, 6.45) is -0.718. The first-order valence-corrected chi connectivity index (χ1v) is 10.9. The maximum absolute atomic E-state index is 12.8. The van der Waals surface area contributed by atoms with E-state index in [-0.39, 0.29) is 25.9 Å². The molecular weight excluding hydrogens is 430 g/mol. The Kier molecular flexibility index (Phi) is 10.3. The van der Waals surface area contributed by atoms with Gasteiger partial charge in [-0.25, -0.2) is 9.59 Å². The smallest absolute Gasteiger partial charge is 0.460 e. The molecule has 184 valence electrons. The van der Waals surface area contributed by atoms with Gasteiger partial charge in [-0.2, -0.15) is 5.48 Å². The molecule has 0 aliphatic carbocycles. The van der Waals surface area contributed by atoms with E-state index in [4.69, 9.17) is 9.47 Å². The average Bonchev–Trinajstić information content (AvgIpc) is 2.67. The van der Waals surface area contributed by atoms with E-state index in [9.17, 15) is 19.2 Å². The van der Waals surface area contributed by atoms with Crippen molar-refractivity contribution in [3.05, 3.63) is 35.4 Å². The van der Waals surface area contributed by atoms with Crippen LogP contribution < -0.4 is 5.48 Å². The molecule has 0 bridgehead atoms. The van der Waals surface area contributed by atoms with Gasteiger partial charge in [0.15, 0.2) is 0 Å². The zero-order chi connectivity index (χ0) is 25.2. The van der Waals surface area contributed by atoms with Gasteiger partial charge in [-0.05, 0) is 79.0 Å². The lowest BCUT2D eigenvalue weighted by atomic mass is 9.93. The van der Waals surface area contributed by atoms with Gasteiger partial charge in [-0.15, -0.1) is 0 Å². The summed E-state index contributed by atoms with van der Waals surface area (Å²) in [6, 6.07) is 6.80. The Hall–Kier alpha value is -3.10. The molecule has 1 rings (SSSR count). The Morgan fingerprint density at radius 2 is 1.61 bits per heavy atom. The minimum atomic E-state index is -1.02. The van der Waals surface area contributed by atoms with Gasteiger partial charge < -0.3 is 19.0 Å². The number of esters is 2. The van der Waals surface area contributed by atoms with Crippen LogP contribution in [-0.4, -0.2) is 41.8 Å². The van der Waals surface area contributed by atoms with Crippen LogP contribution in [0.15, 0.2) is 24.3 Å². The van der Waals surface area contributed by atoms with Gasteiger partial charge in [-0.3, -0.25) is 9.59 Å². The van der Waals surface area contributed by atoms with Crippen molar-refractivity contribution < 1.29 is 38.2 Å². The summed E-state index contributed by atoms with van der Waals surface area (Å²) < 4.78 is 15.5. The van der Waals surface area contributed by atoms with Crippen LogP contribution in [0.25, 0.3) is 0 Å². The second kappa shape index (κ2) is 12.2. The number of hydroxylamine groups is 1. The van der Waals surface area contributed by atoms with Crippen LogP contribution in [0.2, 0.25) is 0 Å². The third-order valence-electron chi connectivity index (χ3n) is 4.01. The highest BCUT2D eigenvalue weighted by Gasteiger charge is 2.27. The van der Waals surface area contributed by atoms with Crippen LogP contribution in [0.3, 0.4) is 0 Å². The quantitative estimate of drug-likeness (QED) is 0.346. The van der Waals surface area contributed by atoms with Crippen LogP contribution in [0, 0.1) is 5.92 Å². The fourth-order valence-corrected chi connectivity index (χ4v) is 2.74. The van der Waals surface area contributed by atoms with Crippen molar-refractivity contribution in [1.29, 1.82) is 0 Å². The molecule has 1 unspecified atom stereocenters. The zero-order valence-corrected chi connectivity index (χ0v) is 20.5. The molecule has 1 atom stereocenters. The predicted octanol–water partition coefficient (Wildman–Crippen LogP) is 4.13. The number of rotatable bonds is 8. The normalized spacial score (nSPS) is 12.3. The van der Waals surface area contributed by atoms with Crippen molar-refractivity contribution in [3.63, 3.8) is 0 Å². The summed E-state index contributed by atoms with van der Waals surface area (Å²) in [5.74, 6) is -2.18. The monoisotopic (exact) mass is 465 g/mol. The van der Waals surface area contributed by atoms with Crippen LogP contribution in [0.1, 0.15) is 77.2 Å². The minimum absolute atomic E-state index is 0.0882. The van der Waals surface area contributed by atoms with Crippen molar-refractivity contribution in [2.24, 2.45) is 5.92 Å². The molecule has 0 radical (unpaired) electrons. The third kappa shape index (κ3) is 11.9. The summed E-state index contributed by atoms with van der Waals surface area (Å²) in [7, 11) is 0. The highest BCUT2D eigenvalue weighted by molar-refractivity contribution is 5.90. The molecule has 9 nitrogen and oxygen atoms in total. The van der Waals surface area contributed by atoms with Crippen LogP contribution in [-0.2, 0) is 35.1 Å². The van der Waals surface area contributed by atoms with Crippen molar-refractivity contribution in [2.75, 3.05) is 6.61 Å². The van der Waals surface area contributed by atoms with Gasteiger partial charge >= 0.3 is 18.1 Å². The fourth-order valence-electron chi connectivity index (χ4n) is 2.74. The van der Waals surface area contributed by atoms with E-state index in [0.29, 0.717) is 5.56 Å². The fraction of sp³-hybridized carbons (Fsp3) is 0.583. The summed E-state index contributed by atoms with van der Waals surface area (Å²) in [4.78, 5) is 52.9. The first kappa shape index (κ1) is 27.9. The van der Waals surface area contributed by atoms with Gasteiger partial charge in [0.05, 0.1) is 18.1 Å². The van der Waals surface area contributed by atoms with Crippen molar-refractivity contribution in [3.8, 4) is 0 Å². The number of hydrogen-bond donors (Lipinski definition) is 1. The Balaban J connectivity index is 2.90. The van der Waals surface area contributed by atoms with E-state index in [1.165, 1.54) is 0 Å². The largest absolute Gasteiger partial charge is 0.533 e. The number of benzene rings is 1. The molecule has 1 N–H and O–H groups in total. The minimum Gasteiger partial charge on any atom is -0.460 e. The highest BCUT2D eigenvalue weighted by Crippen LogP contribution is 2.21. The van der Waals surface area contributed by atoms with E-state index in [0.717, 1.165) is 5.56 Å². The van der Waals surface area contributed by atoms with E-state index in [1.807, 2.05) is 5.48 Å². The summed E-state index contributed by atoms with van der Waals surface area (Å²) in [5.41, 5.74) is 1.74. The Morgan fingerprint density at radius 1 is 0.970 bits per heavy atom. The number of amides is 1. The molecule has 1 aromatic rings. The zero-order valence-electron chi connectivity index (χ0n) is 20.5. The number of carbonyl (C=O) groups excluding carboxylic acids is 4. The van der Waals surface area contributed by atoms with Crippen LogP contribution in [0.5, 0.6) is 0 Å². The van der Waals surface area contributed by atoms with Crippen LogP contribution in [0.4, 0.5) is 4.79 Å². The topological polar surface area (TPSA) is 117 Å². The molecule has 0 spiro atoms. The molecule has 1 aromatic carbocycles. The van der Waals surface area contributed by atoms with Gasteiger partial charge in [0, 0.05) is 6.42 Å². The molecule has 0 fully saturated rings. The Bertz CT molecular complexity index is 836. The van der Waals surface area contributed by atoms with Gasteiger partial charge in [0.1, 0.15) is 11.2 Å². The van der Waals surface area contributed by atoms with Gasteiger partial charge in [0.25, 0.3) is 5.91 Å². The molecule has 0 aromatic heterocycles. The number of ether oxygens (including phenoxy) is 3. The lowest BCUT2D eigenvalue weighted by Crippen LogP contribution is -2.32.